The van der Waals surface area contributed by atoms with E-state index >= 15 is 0 Å². The summed E-state index contributed by atoms with van der Waals surface area (Å²) in [7, 11) is 3.26. The van der Waals surface area contributed by atoms with Crippen molar-refractivity contribution in [3.05, 3.63) is 23.3 Å². The number of hydrogen-bond donors (Lipinski definition) is 2. The lowest BCUT2D eigenvalue weighted by atomic mass is 10.0. The average Bonchev–Trinajstić information content (AvgIpc) is 2.34. The maximum Gasteiger partial charge on any atom is 0.225 e. The van der Waals surface area contributed by atoms with E-state index in [9.17, 15) is 4.79 Å². The Hall–Kier alpha value is -1.75. The minimum absolute atomic E-state index is 0.0919. The molecule has 5 heteroatoms. The molecule has 0 bridgehead atoms. The maximum atomic E-state index is 11.8. The lowest BCUT2D eigenvalue weighted by Gasteiger charge is -2.26. The Morgan fingerprint density at radius 1 is 1.37 bits per heavy atom. The van der Waals surface area contributed by atoms with E-state index in [1.165, 1.54) is 0 Å². The first-order valence-corrected chi connectivity index (χ1v) is 6.36. The highest BCUT2D eigenvalue weighted by molar-refractivity contribution is 5.80. The quantitative estimate of drug-likeness (QED) is 0.827. The maximum absolute atomic E-state index is 11.8. The van der Waals surface area contributed by atoms with Crippen LogP contribution in [0, 0.1) is 12.8 Å². The molecule has 0 atom stereocenters. The number of carbonyl (C=O) groups excluding carboxylic acids is 1. The fourth-order valence-electron chi connectivity index (χ4n) is 2.17. The van der Waals surface area contributed by atoms with Gasteiger partial charge in [0.05, 0.1) is 20.1 Å². The second-order valence-corrected chi connectivity index (χ2v) is 4.66. The van der Waals surface area contributed by atoms with Crippen LogP contribution in [0.1, 0.15) is 11.1 Å². The highest BCUT2D eigenvalue weighted by Crippen LogP contribution is 2.31. The summed E-state index contributed by atoms with van der Waals surface area (Å²) in [6, 6.07) is 3.81. The van der Waals surface area contributed by atoms with Gasteiger partial charge in [-0.25, -0.2) is 0 Å². The molecule has 1 aliphatic heterocycles. The smallest absolute Gasteiger partial charge is 0.225 e. The predicted molar refractivity (Wildman–Crippen MR) is 72.5 cm³/mol. The van der Waals surface area contributed by atoms with Crippen molar-refractivity contribution < 1.29 is 14.3 Å². The lowest BCUT2D eigenvalue weighted by molar-refractivity contribution is -0.126. The normalized spacial score (nSPS) is 14.7. The number of hydrogen-bond acceptors (Lipinski definition) is 4. The summed E-state index contributed by atoms with van der Waals surface area (Å²) in [5, 5.41) is 6.03. The Morgan fingerprint density at radius 2 is 2.11 bits per heavy atom. The molecule has 0 unspecified atom stereocenters. The van der Waals surface area contributed by atoms with Crippen molar-refractivity contribution >= 4 is 5.91 Å². The van der Waals surface area contributed by atoms with Crippen molar-refractivity contribution in [3.8, 4) is 11.5 Å². The monoisotopic (exact) mass is 264 g/mol. The largest absolute Gasteiger partial charge is 0.496 e. The van der Waals surface area contributed by atoms with Gasteiger partial charge in [0.25, 0.3) is 0 Å². The van der Waals surface area contributed by atoms with Gasteiger partial charge in [0.15, 0.2) is 0 Å². The Bertz CT molecular complexity index is 470. The summed E-state index contributed by atoms with van der Waals surface area (Å²) in [6.45, 7) is 3.96. The third kappa shape index (κ3) is 2.81. The first-order chi connectivity index (χ1) is 9.17. The van der Waals surface area contributed by atoms with Gasteiger partial charge < -0.3 is 20.1 Å². The summed E-state index contributed by atoms with van der Waals surface area (Å²) in [4.78, 5) is 11.8. The molecule has 104 valence electrons. The predicted octanol–water partition coefficient (Wildman–Crippen LogP) is 0.848. The first kappa shape index (κ1) is 13.7. The molecule has 1 fully saturated rings. The second kappa shape index (κ2) is 5.93. The topological polar surface area (TPSA) is 59.6 Å². The van der Waals surface area contributed by atoms with Crippen LogP contribution in [0.3, 0.4) is 0 Å². The van der Waals surface area contributed by atoms with Gasteiger partial charge in [-0.1, -0.05) is 0 Å². The van der Waals surface area contributed by atoms with Crippen LogP contribution in [0.25, 0.3) is 0 Å². The summed E-state index contributed by atoms with van der Waals surface area (Å²) in [6.07, 6.45) is 0. The van der Waals surface area contributed by atoms with Crippen LogP contribution in [-0.4, -0.2) is 33.2 Å². The molecule has 1 aromatic carbocycles. The van der Waals surface area contributed by atoms with Crippen molar-refractivity contribution in [2.24, 2.45) is 5.92 Å². The first-order valence-electron chi connectivity index (χ1n) is 6.36. The van der Waals surface area contributed by atoms with E-state index in [1.807, 2.05) is 19.1 Å². The van der Waals surface area contributed by atoms with Gasteiger partial charge in [0.1, 0.15) is 11.5 Å². The molecule has 0 spiro atoms. The summed E-state index contributed by atoms with van der Waals surface area (Å²) < 4.78 is 10.7. The van der Waals surface area contributed by atoms with Gasteiger partial charge in [-0.05, 0) is 19.1 Å². The van der Waals surface area contributed by atoms with E-state index < -0.39 is 0 Å². The number of nitrogens with one attached hydrogen (secondary N) is 2. The van der Waals surface area contributed by atoms with Gasteiger partial charge in [-0.3, -0.25) is 4.79 Å². The summed E-state index contributed by atoms with van der Waals surface area (Å²) in [5.74, 6) is 1.75. The van der Waals surface area contributed by atoms with Gasteiger partial charge in [-0.2, -0.15) is 0 Å². The highest BCUT2D eigenvalue weighted by atomic mass is 16.5. The van der Waals surface area contributed by atoms with Crippen LogP contribution in [-0.2, 0) is 11.3 Å². The zero-order valence-electron chi connectivity index (χ0n) is 11.6. The molecule has 0 saturated carbocycles. The number of amides is 1. The fourth-order valence-corrected chi connectivity index (χ4v) is 2.17. The number of benzene rings is 1. The van der Waals surface area contributed by atoms with E-state index in [0.717, 1.165) is 35.7 Å². The molecule has 1 saturated heterocycles. The Kier molecular flexibility index (Phi) is 4.27. The van der Waals surface area contributed by atoms with E-state index in [-0.39, 0.29) is 11.8 Å². The van der Waals surface area contributed by atoms with Crippen molar-refractivity contribution in [3.63, 3.8) is 0 Å². The zero-order valence-corrected chi connectivity index (χ0v) is 11.6. The number of carbonyl (C=O) groups is 1. The Balaban J connectivity index is 2.07. The molecule has 0 aliphatic carbocycles. The Morgan fingerprint density at radius 3 is 2.63 bits per heavy atom. The lowest BCUT2D eigenvalue weighted by Crippen LogP contribution is -2.50. The van der Waals surface area contributed by atoms with Crippen LogP contribution in [0.2, 0.25) is 0 Å². The second-order valence-electron chi connectivity index (χ2n) is 4.66. The van der Waals surface area contributed by atoms with Crippen LogP contribution in [0.4, 0.5) is 0 Å². The van der Waals surface area contributed by atoms with Crippen LogP contribution < -0.4 is 20.1 Å². The van der Waals surface area contributed by atoms with Crippen molar-refractivity contribution in [2.45, 2.75) is 13.5 Å². The molecule has 1 heterocycles. The van der Waals surface area contributed by atoms with Crippen molar-refractivity contribution in [1.82, 2.24) is 10.6 Å². The Labute approximate surface area is 113 Å². The van der Waals surface area contributed by atoms with E-state index in [0.29, 0.717) is 6.54 Å². The molecule has 5 nitrogen and oxygen atoms in total. The molecule has 19 heavy (non-hydrogen) atoms. The third-order valence-electron chi connectivity index (χ3n) is 3.47. The molecule has 1 aliphatic rings. The third-order valence-corrected chi connectivity index (χ3v) is 3.47. The van der Waals surface area contributed by atoms with Crippen LogP contribution in [0.5, 0.6) is 11.5 Å². The molecule has 0 radical (unpaired) electrons. The van der Waals surface area contributed by atoms with Gasteiger partial charge in [0.2, 0.25) is 5.91 Å². The molecule has 1 aromatic rings. The standard InChI is InChI=1S/C14H20N2O3/c1-9-12(18-2)5-4-10(13(9)19-3)8-16-14(17)11-6-15-7-11/h4-5,11,15H,6-8H2,1-3H3,(H,16,17). The molecular weight excluding hydrogens is 244 g/mol. The van der Waals surface area contributed by atoms with Crippen LogP contribution in [0.15, 0.2) is 12.1 Å². The number of methoxy groups -OCH3 is 2. The molecule has 2 rings (SSSR count). The SMILES string of the molecule is COc1ccc(CNC(=O)C2CNC2)c(OC)c1C. The van der Waals surface area contributed by atoms with Crippen molar-refractivity contribution in [2.75, 3.05) is 27.3 Å². The van der Waals surface area contributed by atoms with E-state index in [4.69, 9.17) is 9.47 Å². The van der Waals surface area contributed by atoms with Crippen LogP contribution >= 0.6 is 0 Å². The average molecular weight is 264 g/mol. The minimum Gasteiger partial charge on any atom is -0.496 e. The number of ether oxygens (including phenoxy) is 2. The number of rotatable bonds is 5. The minimum atomic E-state index is 0.0919. The summed E-state index contributed by atoms with van der Waals surface area (Å²) >= 11 is 0. The van der Waals surface area contributed by atoms with Gasteiger partial charge in [0, 0.05) is 30.8 Å². The summed E-state index contributed by atoms with van der Waals surface area (Å²) in [5.41, 5.74) is 1.91. The van der Waals surface area contributed by atoms with Crippen molar-refractivity contribution in [1.29, 1.82) is 0 Å². The van der Waals surface area contributed by atoms with Gasteiger partial charge >= 0.3 is 0 Å². The van der Waals surface area contributed by atoms with E-state index in [1.54, 1.807) is 14.2 Å². The molecule has 1 amide bonds. The van der Waals surface area contributed by atoms with Gasteiger partial charge in [-0.15, -0.1) is 0 Å². The molecule has 0 aromatic heterocycles. The van der Waals surface area contributed by atoms with E-state index in [2.05, 4.69) is 10.6 Å². The molecule has 2 N–H and O–H groups in total. The highest BCUT2D eigenvalue weighted by Gasteiger charge is 2.24. The molecular formula is C14H20N2O3. The fraction of sp³-hybridized carbons (Fsp3) is 0.500. The zero-order chi connectivity index (χ0) is 13.8.